The molecule has 0 amide bonds. The summed E-state index contributed by atoms with van der Waals surface area (Å²) in [6.07, 6.45) is -0.679. The number of nitrogens with two attached hydrogens (primary N) is 1. The Morgan fingerprint density at radius 3 is 2.60 bits per heavy atom. The molecule has 20 heavy (non-hydrogen) atoms. The lowest BCUT2D eigenvalue weighted by atomic mass is 10.1. The molecular formula is C16H17N2OS+. The Hall–Kier alpha value is -1.91. The summed E-state index contributed by atoms with van der Waals surface area (Å²) >= 11 is 1.52. The first-order chi connectivity index (χ1) is 9.58. The quantitative estimate of drug-likeness (QED) is 0.760. The zero-order chi connectivity index (χ0) is 14.3. The van der Waals surface area contributed by atoms with E-state index in [2.05, 4.69) is 11.1 Å². The number of benzene rings is 1. The molecule has 0 bridgehead atoms. The second-order valence-electron chi connectivity index (χ2n) is 5.03. The Morgan fingerprint density at radius 1 is 1.20 bits per heavy atom. The van der Waals surface area contributed by atoms with Crippen LogP contribution in [0.1, 0.15) is 27.8 Å². The molecule has 3 rings (SSSR count). The molecule has 4 heteroatoms. The van der Waals surface area contributed by atoms with E-state index in [4.69, 9.17) is 5.73 Å². The Labute approximate surface area is 121 Å². The third-order valence-corrected chi connectivity index (χ3v) is 4.65. The number of thiophene rings is 1. The van der Waals surface area contributed by atoms with Gasteiger partial charge >= 0.3 is 0 Å². The normalized spacial score (nSPS) is 12.8. The van der Waals surface area contributed by atoms with Crippen LogP contribution in [0.15, 0.2) is 36.4 Å². The van der Waals surface area contributed by atoms with E-state index in [1.807, 2.05) is 44.2 Å². The van der Waals surface area contributed by atoms with Crippen LogP contribution in [0.4, 0.5) is 5.69 Å². The summed E-state index contributed by atoms with van der Waals surface area (Å²) in [5.74, 6) is 0. The van der Waals surface area contributed by atoms with Crippen molar-refractivity contribution >= 4 is 27.2 Å². The molecule has 0 aliphatic carbocycles. The van der Waals surface area contributed by atoms with Gasteiger partial charge in [0.25, 0.3) is 4.83 Å². The van der Waals surface area contributed by atoms with Crippen LogP contribution in [-0.2, 0) is 0 Å². The molecule has 1 atom stereocenters. The van der Waals surface area contributed by atoms with Crippen molar-refractivity contribution in [2.45, 2.75) is 20.0 Å². The summed E-state index contributed by atoms with van der Waals surface area (Å²) in [6.45, 7) is 4.07. The van der Waals surface area contributed by atoms with Gasteiger partial charge in [-0.1, -0.05) is 41.7 Å². The number of hydrogen-bond donors (Lipinski definition) is 2. The first kappa shape index (κ1) is 13.1. The summed E-state index contributed by atoms with van der Waals surface area (Å²) in [6, 6.07) is 11.7. The lowest BCUT2D eigenvalue weighted by Crippen LogP contribution is -2.07. The molecule has 0 spiro atoms. The highest BCUT2D eigenvalue weighted by Crippen LogP contribution is 2.39. The molecule has 3 aromatic rings. The lowest BCUT2D eigenvalue weighted by Gasteiger charge is -2.09. The number of pyridine rings is 1. The van der Waals surface area contributed by atoms with Crippen molar-refractivity contribution in [1.82, 2.24) is 0 Å². The van der Waals surface area contributed by atoms with Crippen LogP contribution in [-0.4, -0.2) is 5.11 Å². The van der Waals surface area contributed by atoms with E-state index in [9.17, 15) is 5.11 Å². The second kappa shape index (κ2) is 4.89. The molecule has 102 valence electrons. The van der Waals surface area contributed by atoms with Crippen LogP contribution in [0.2, 0.25) is 0 Å². The minimum Gasteiger partial charge on any atom is -0.397 e. The summed E-state index contributed by atoms with van der Waals surface area (Å²) in [5.41, 5.74) is 10.0. The van der Waals surface area contributed by atoms with Gasteiger partial charge in [-0.2, -0.15) is 4.98 Å². The number of H-pyrrole nitrogens is 1. The summed E-state index contributed by atoms with van der Waals surface area (Å²) in [7, 11) is 0. The number of rotatable bonds is 2. The Bertz CT molecular complexity index is 765. The van der Waals surface area contributed by atoms with Crippen LogP contribution in [0.3, 0.4) is 0 Å². The Morgan fingerprint density at radius 2 is 1.90 bits per heavy atom. The standard InChI is InChI=1S/C16H16N2OS/c1-9-8-10(2)18-16-12(9)13(17)15(20-16)14(19)11-6-4-3-5-7-11/h3-8,14,19H,17H2,1-2H3/p+1. The van der Waals surface area contributed by atoms with Gasteiger partial charge < -0.3 is 10.8 Å². The van der Waals surface area contributed by atoms with Crippen LogP contribution in [0.5, 0.6) is 0 Å². The Balaban J connectivity index is 2.18. The highest BCUT2D eigenvalue weighted by molar-refractivity contribution is 7.19. The number of nitrogen functional groups attached to an aromatic ring is 1. The minimum absolute atomic E-state index is 0.676. The number of nitrogens with one attached hydrogen (secondary N) is 1. The highest BCUT2D eigenvalue weighted by atomic mass is 32.1. The van der Waals surface area contributed by atoms with E-state index >= 15 is 0 Å². The molecule has 0 saturated heterocycles. The van der Waals surface area contributed by atoms with Gasteiger partial charge in [0.15, 0.2) is 5.69 Å². The van der Waals surface area contributed by atoms with Crippen LogP contribution in [0, 0.1) is 13.8 Å². The predicted molar refractivity (Wildman–Crippen MR) is 82.8 cm³/mol. The third kappa shape index (κ3) is 2.07. The molecule has 3 nitrogen and oxygen atoms in total. The molecule has 0 radical (unpaired) electrons. The fraction of sp³-hybridized carbons (Fsp3) is 0.188. The topological polar surface area (TPSA) is 60.4 Å². The van der Waals surface area contributed by atoms with Crippen molar-refractivity contribution in [2.75, 3.05) is 5.73 Å². The maximum atomic E-state index is 10.6. The zero-order valence-corrected chi connectivity index (χ0v) is 12.3. The fourth-order valence-corrected chi connectivity index (χ4v) is 3.81. The number of anilines is 1. The number of aliphatic hydroxyl groups is 1. The van der Waals surface area contributed by atoms with Gasteiger partial charge in [-0.25, -0.2) is 0 Å². The molecule has 1 unspecified atom stereocenters. The first-order valence-corrected chi connectivity index (χ1v) is 7.34. The van der Waals surface area contributed by atoms with E-state index in [1.165, 1.54) is 11.3 Å². The molecule has 1 aromatic carbocycles. The molecule has 0 aliphatic heterocycles. The minimum atomic E-state index is -0.679. The van der Waals surface area contributed by atoms with Gasteiger partial charge in [-0.15, -0.1) is 0 Å². The maximum Gasteiger partial charge on any atom is 0.270 e. The monoisotopic (exact) mass is 285 g/mol. The SMILES string of the molecule is Cc1cc(C)c2c(N)c(C(O)c3ccccc3)sc2[nH+]1. The van der Waals surface area contributed by atoms with Crippen molar-refractivity contribution in [2.24, 2.45) is 0 Å². The predicted octanol–water partition coefficient (Wildman–Crippen LogP) is 3.00. The van der Waals surface area contributed by atoms with E-state index in [1.54, 1.807) is 0 Å². The third-order valence-electron chi connectivity index (χ3n) is 3.48. The summed E-state index contributed by atoms with van der Waals surface area (Å²) in [4.78, 5) is 5.15. The number of aromatic nitrogens is 1. The molecule has 2 heterocycles. The van der Waals surface area contributed by atoms with E-state index < -0.39 is 6.10 Å². The van der Waals surface area contributed by atoms with Crippen LogP contribution >= 0.6 is 11.3 Å². The summed E-state index contributed by atoms with van der Waals surface area (Å²) in [5, 5.41) is 11.6. The summed E-state index contributed by atoms with van der Waals surface area (Å²) < 4.78 is 0. The molecule has 0 saturated carbocycles. The molecule has 0 fully saturated rings. The first-order valence-electron chi connectivity index (χ1n) is 6.52. The number of aromatic amines is 1. The van der Waals surface area contributed by atoms with Crippen molar-refractivity contribution in [3.05, 3.63) is 58.1 Å². The molecule has 4 N–H and O–H groups in total. The van der Waals surface area contributed by atoms with E-state index in [0.717, 1.165) is 31.9 Å². The molecular weight excluding hydrogens is 268 g/mol. The fourth-order valence-electron chi connectivity index (χ4n) is 2.54. The van der Waals surface area contributed by atoms with Crippen molar-refractivity contribution < 1.29 is 10.1 Å². The largest absolute Gasteiger partial charge is 0.397 e. The smallest absolute Gasteiger partial charge is 0.270 e. The average molecular weight is 285 g/mol. The number of hydrogen-bond acceptors (Lipinski definition) is 3. The van der Waals surface area contributed by atoms with E-state index in [0.29, 0.717) is 5.69 Å². The number of aryl methyl sites for hydroxylation is 2. The zero-order valence-electron chi connectivity index (χ0n) is 11.5. The average Bonchev–Trinajstić information content (AvgIpc) is 2.76. The van der Waals surface area contributed by atoms with Gasteiger partial charge in [0, 0.05) is 13.0 Å². The second-order valence-corrected chi connectivity index (χ2v) is 6.08. The van der Waals surface area contributed by atoms with Gasteiger partial charge in [0.1, 0.15) is 6.10 Å². The van der Waals surface area contributed by atoms with Crippen LogP contribution < -0.4 is 10.7 Å². The van der Waals surface area contributed by atoms with E-state index in [-0.39, 0.29) is 0 Å². The number of aliphatic hydroxyl groups excluding tert-OH is 1. The van der Waals surface area contributed by atoms with Gasteiger partial charge in [-0.05, 0) is 18.1 Å². The number of fused-ring (bicyclic) bond motifs is 1. The molecule has 2 aromatic heterocycles. The lowest BCUT2D eigenvalue weighted by molar-refractivity contribution is -0.351. The van der Waals surface area contributed by atoms with Crippen LogP contribution in [0.25, 0.3) is 10.2 Å². The Kier molecular flexibility index (Phi) is 3.20. The highest BCUT2D eigenvalue weighted by Gasteiger charge is 2.23. The van der Waals surface area contributed by atoms with Gasteiger partial charge in [0.2, 0.25) is 0 Å². The van der Waals surface area contributed by atoms with Crippen molar-refractivity contribution in [3.8, 4) is 0 Å². The van der Waals surface area contributed by atoms with Gasteiger partial charge in [0.05, 0.1) is 16.0 Å². The van der Waals surface area contributed by atoms with Crippen molar-refractivity contribution in [1.29, 1.82) is 0 Å². The van der Waals surface area contributed by atoms with Crippen molar-refractivity contribution in [3.63, 3.8) is 0 Å². The molecule has 0 aliphatic rings. The maximum absolute atomic E-state index is 10.6. The van der Waals surface area contributed by atoms with Gasteiger partial charge in [-0.3, -0.25) is 0 Å².